The highest BCUT2D eigenvalue weighted by molar-refractivity contribution is 6.02. The van der Waals surface area contributed by atoms with Gasteiger partial charge < -0.3 is 25.0 Å². The van der Waals surface area contributed by atoms with E-state index in [0.717, 1.165) is 33.9 Å². The van der Waals surface area contributed by atoms with Crippen LogP contribution in [0.5, 0.6) is 5.75 Å². The van der Waals surface area contributed by atoms with E-state index in [0.29, 0.717) is 30.5 Å². The molecule has 8 heteroatoms. The van der Waals surface area contributed by atoms with Crippen molar-refractivity contribution in [3.05, 3.63) is 101 Å². The molecule has 1 aliphatic heterocycles. The van der Waals surface area contributed by atoms with Crippen molar-refractivity contribution in [1.29, 1.82) is 0 Å². The highest BCUT2D eigenvalue weighted by Crippen LogP contribution is 2.48. The van der Waals surface area contributed by atoms with E-state index < -0.39 is 12.0 Å². The number of benzene rings is 3. The molecular weight excluding hydrogens is 518 g/mol. The third-order valence-corrected chi connectivity index (χ3v) is 7.61. The van der Waals surface area contributed by atoms with Gasteiger partial charge in [-0.2, -0.15) is 0 Å². The summed E-state index contributed by atoms with van der Waals surface area (Å²) in [6.45, 7) is 4.57. The van der Waals surface area contributed by atoms with Crippen LogP contribution in [0.3, 0.4) is 0 Å². The Bertz CT molecular complexity index is 1490. The molecule has 0 aromatic heterocycles. The number of esters is 1. The first-order valence-electron chi connectivity index (χ1n) is 13.7. The number of hydrogen-bond acceptors (Lipinski definition) is 7. The lowest BCUT2D eigenvalue weighted by Crippen LogP contribution is -2.41. The van der Waals surface area contributed by atoms with Gasteiger partial charge in [-0.05, 0) is 59.4 Å². The average Bonchev–Trinajstić information content (AvgIpc) is 3.09. The third-order valence-electron chi connectivity index (χ3n) is 7.61. The molecule has 41 heavy (non-hydrogen) atoms. The van der Waals surface area contributed by atoms with E-state index in [2.05, 4.69) is 24.5 Å². The minimum Gasteiger partial charge on any atom is -0.497 e. The number of ketones is 1. The standard InChI is InChI=1S/C33H35N3O5/c1-33(2)17-26-30(28(37)18-33)31(22-11-13-23(14-12-22)32(39)41-4)36(27-8-6-5-7-25(27)35-26)20-29(38)34-19-21-9-15-24(40-3)16-10-21/h5-16,31,35H,17-20H2,1-4H3,(H,34,38). The Kier molecular flexibility index (Phi) is 7.83. The number of nitrogens with zero attached hydrogens (tertiary/aromatic N) is 1. The molecule has 0 saturated heterocycles. The predicted octanol–water partition coefficient (Wildman–Crippen LogP) is 5.41. The number of fused-ring (bicyclic) bond motifs is 1. The van der Waals surface area contributed by atoms with Gasteiger partial charge in [0.2, 0.25) is 5.91 Å². The zero-order chi connectivity index (χ0) is 29.1. The Labute approximate surface area is 240 Å². The van der Waals surface area contributed by atoms with Gasteiger partial charge in [-0.15, -0.1) is 0 Å². The highest BCUT2D eigenvalue weighted by atomic mass is 16.5. The molecule has 1 unspecified atom stereocenters. The van der Waals surface area contributed by atoms with Crippen molar-refractivity contribution < 1.29 is 23.9 Å². The molecule has 8 nitrogen and oxygen atoms in total. The van der Waals surface area contributed by atoms with Gasteiger partial charge in [-0.25, -0.2) is 4.79 Å². The number of allylic oxidation sites excluding steroid dienone is 1. The number of carbonyl (C=O) groups excluding carboxylic acids is 3. The van der Waals surface area contributed by atoms with E-state index in [1.54, 1.807) is 19.2 Å². The fourth-order valence-corrected chi connectivity index (χ4v) is 5.65. The molecule has 212 valence electrons. The maximum absolute atomic E-state index is 13.8. The fraction of sp³-hybridized carbons (Fsp3) is 0.303. The number of Topliss-reactive ketones (excluding diaryl/α,β-unsaturated/α-hetero) is 1. The molecule has 0 spiro atoms. The second-order valence-electron chi connectivity index (χ2n) is 11.2. The smallest absolute Gasteiger partial charge is 0.337 e. The largest absolute Gasteiger partial charge is 0.497 e. The number of anilines is 2. The summed E-state index contributed by atoms with van der Waals surface area (Å²) in [6, 6.07) is 21.9. The summed E-state index contributed by atoms with van der Waals surface area (Å²) in [5.74, 6) is 0.176. The molecule has 0 bridgehead atoms. The number of rotatable bonds is 7. The van der Waals surface area contributed by atoms with Crippen molar-refractivity contribution in [2.75, 3.05) is 31.0 Å². The van der Waals surface area contributed by atoms with Crippen LogP contribution in [0.1, 0.15) is 54.2 Å². The van der Waals surface area contributed by atoms with Crippen molar-refractivity contribution in [1.82, 2.24) is 5.32 Å². The van der Waals surface area contributed by atoms with E-state index >= 15 is 0 Å². The van der Waals surface area contributed by atoms with E-state index in [-0.39, 0.29) is 23.7 Å². The van der Waals surface area contributed by atoms with Crippen molar-refractivity contribution in [2.45, 2.75) is 39.3 Å². The maximum atomic E-state index is 13.8. The Morgan fingerprint density at radius 2 is 1.68 bits per heavy atom. The lowest BCUT2D eigenvalue weighted by molar-refractivity contribution is -0.120. The van der Waals surface area contributed by atoms with Gasteiger partial charge in [0.05, 0.1) is 43.7 Å². The summed E-state index contributed by atoms with van der Waals surface area (Å²) in [6.07, 6.45) is 1.09. The molecule has 0 saturated carbocycles. The zero-order valence-corrected chi connectivity index (χ0v) is 23.8. The number of methoxy groups -OCH3 is 2. The Hall–Kier alpha value is -4.59. The van der Waals surface area contributed by atoms with Crippen LogP contribution in [-0.2, 0) is 20.9 Å². The molecule has 1 atom stereocenters. The van der Waals surface area contributed by atoms with Gasteiger partial charge >= 0.3 is 5.97 Å². The van der Waals surface area contributed by atoms with Gasteiger partial charge in [0.1, 0.15) is 5.75 Å². The maximum Gasteiger partial charge on any atom is 0.337 e. The van der Waals surface area contributed by atoms with Crippen molar-refractivity contribution in [3.63, 3.8) is 0 Å². The number of carbonyl (C=O) groups is 3. The van der Waals surface area contributed by atoms with Crippen LogP contribution in [0.4, 0.5) is 11.4 Å². The summed E-state index contributed by atoms with van der Waals surface area (Å²) >= 11 is 0. The molecule has 0 radical (unpaired) electrons. The second kappa shape index (κ2) is 11.5. The Balaban J connectivity index is 1.54. The second-order valence-corrected chi connectivity index (χ2v) is 11.2. The van der Waals surface area contributed by atoms with E-state index in [1.165, 1.54) is 7.11 Å². The first kappa shape index (κ1) is 28.0. The highest BCUT2D eigenvalue weighted by Gasteiger charge is 2.41. The predicted molar refractivity (Wildman–Crippen MR) is 158 cm³/mol. The lowest BCUT2D eigenvalue weighted by atomic mass is 9.73. The number of ether oxygens (including phenoxy) is 2. The Morgan fingerprint density at radius 3 is 2.37 bits per heavy atom. The van der Waals surface area contributed by atoms with E-state index in [4.69, 9.17) is 9.47 Å². The van der Waals surface area contributed by atoms with Gasteiger partial charge in [-0.3, -0.25) is 9.59 Å². The lowest BCUT2D eigenvalue weighted by Gasteiger charge is -2.38. The summed E-state index contributed by atoms with van der Waals surface area (Å²) in [4.78, 5) is 41.4. The van der Waals surface area contributed by atoms with Crippen LogP contribution in [0.15, 0.2) is 84.1 Å². The topological polar surface area (TPSA) is 97.0 Å². The van der Waals surface area contributed by atoms with Gasteiger partial charge in [0.15, 0.2) is 5.78 Å². The molecule has 2 N–H and O–H groups in total. The minimum atomic E-state index is -0.539. The van der Waals surface area contributed by atoms with Crippen molar-refractivity contribution >= 4 is 29.0 Å². The van der Waals surface area contributed by atoms with Crippen molar-refractivity contribution in [3.8, 4) is 5.75 Å². The summed E-state index contributed by atoms with van der Waals surface area (Å²) < 4.78 is 10.1. The molecule has 2 aliphatic rings. The molecular formula is C33H35N3O5. The summed E-state index contributed by atoms with van der Waals surface area (Å²) in [5.41, 5.74) is 5.12. The normalized spacial score (nSPS) is 17.5. The van der Waals surface area contributed by atoms with Crippen LogP contribution in [0, 0.1) is 5.41 Å². The van der Waals surface area contributed by atoms with Gasteiger partial charge in [0, 0.05) is 24.2 Å². The molecule has 1 amide bonds. The first-order chi connectivity index (χ1) is 19.7. The summed E-state index contributed by atoms with van der Waals surface area (Å²) in [7, 11) is 2.96. The molecule has 1 heterocycles. The van der Waals surface area contributed by atoms with Crippen LogP contribution in [-0.4, -0.2) is 38.4 Å². The number of amides is 1. The number of para-hydroxylation sites is 2. The molecule has 1 aliphatic carbocycles. The quantitative estimate of drug-likeness (QED) is 0.378. The molecule has 5 rings (SSSR count). The molecule has 3 aromatic carbocycles. The Morgan fingerprint density at radius 1 is 0.976 bits per heavy atom. The van der Waals surface area contributed by atoms with E-state index in [1.807, 2.05) is 65.6 Å². The minimum absolute atomic E-state index is 0.0196. The van der Waals surface area contributed by atoms with E-state index in [9.17, 15) is 14.4 Å². The van der Waals surface area contributed by atoms with Crippen LogP contribution in [0.2, 0.25) is 0 Å². The monoisotopic (exact) mass is 553 g/mol. The van der Waals surface area contributed by atoms with Crippen LogP contribution >= 0.6 is 0 Å². The van der Waals surface area contributed by atoms with Crippen LogP contribution < -0.4 is 20.3 Å². The van der Waals surface area contributed by atoms with Crippen molar-refractivity contribution in [2.24, 2.45) is 5.41 Å². The van der Waals surface area contributed by atoms with Gasteiger partial charge in [-0.1, -0.05) is 50.2 Å². The first-order valence-corrected chi connectivity index (χ1v) is 13.7. The van der Waals surface area contributed by atoms with Gasteiger partial charge in [0.25, 0.3) is 0 Å². The fourth-order valence-electron chi connectivity index (χ4n) is 5.65. The number of nitrogens with one attached hydrogen (secondary N) is 2. The van der Waals surface area contributed by atoms with Crippen LogP contribution in [0.25, 0.3) is 0 Å². The average molecular weight is 554 g/mol. The summed E-state index contributed by atoms with van der Waals surface area (Å²) in [5, 5.41) is 6.59. The SMILES string of the molecule is COC(=O)c1ccc(C2C3=C(CC(C)(C)CC3=O)Nc3ccccc3N2CC(=O)NCc2ccc(OC)cc2)cc1. The molecule has 3 aromatic rings. The molecule has 0 fully saturated rings. The zero-order valence-electron chi connectivity index (χ0n) is 23.8. The third kappa shape index (κ3) is 5.96. The number of hydrogen-bond donors (Lipinski definition) is 2.